The lowest BCUT2D eigenvalue weighted by Gasteiger charge is -2.38. The van der Waals surface area contributed by atoms with E-state index in [4.69, 9.17) is 9.84 Å². The van der Waals surface area contributed by atoms with Crippen LogP contribution in [0.3, 0.4) is 0 Å². The highest BCUT2D eigenvalue weighted by Gasteiger charge is 2.38. The van der Waals surface area contributed by atoms with Crippen LogP contribution in [0.15, 0.2) is 0 Å². The molecule has 0 aliphatic carbocycles. The Bertz CT molecular complexity index is 865. The normalized spacial score (nSPS) is 18.6. The Balaban J connectivity index is 2.92. The lowest BCUT2D eigenvalue weighted by molar-refractivity contribution is -0.143. The molecular weight excluding hydrogens is 506 g/mol. The van der Waals surface area contributed by atoms with Gasteiger partial charge in [0.1, 0.15) is 6.54 Å². The number of carboxylic acid groups (broad SMARTS) is 1. The van der Waals surface area contributed by atoms with Gasteiger partial charge in [0.2, 0.25) is 23.6 Å². The number of carbonyl (C=O) groups excluding carboxylic acids is 4. The number of hydrogen-bond donors (Lipinski definition) is 4. The van der Waals surface area contributed by atoms with Gasteiger partial charge in [0.15, 0.2) is 0 Å². The van der Waals surface area contributed by atoms with E-state index >= 15 is 0 Å². The smallest absolute Gasteiger partial charge is 0.322 e. The van der Waals surface area contributed by atoms with Gasteiger partial charge in [-0.2, -0.15) is 0 Å². The fourth-order valence-electron chi connectivity index (χ4n) is 4.91. The fourth-order valence-corrected chi connectivity index (χ4v) is 4.91. The summed E-state index contributed by atoms with van der Waals surface area (Å²) in [6.45, 7) is 9.14. The average Bonchev–Trinajstić information content (AvgIpc) is 3.37. The van der Waals surface area contributed by atoms with Crippen molar-refractivity contribution in [2.24, 2.45) is 11.8 Å². The molecule has 1 aliphatic rings. The molecule has 0 aromatic rings. The number of ether oxygens (including phenoxy) is 1. The Kier molecular flexibility index (Phi) is 13.9. The summed E-state index contributed by atoms with van der Waals surface area (Å²) in [7, 11) is 4.87. The van der Waals surface area contributed by atoms with Gasteiger partial charge >= 0.3 is 5.97 Å². The molecule has 1 aliphatic heterocycles. The predicted molar refractivity (Wildman–Crippen MR) is 147 cm³/mol. The third-order valence-corrected chi connectivity index (χ3v) is 7.90. The van der Waals surface area contributed by atoms with E-state index in [0.29, 0.717) is 13.0 Å². The molecule has 0 spiro atoms. The molecule has 0 saturated carbocycles. The molecular formula is C27H49N5O7. The van der Waals surface area contributed by atoms with Gasteiger partial charge in [-0.05, 0) is 46.1 Å². The van der Waals surface area contributed by atoms with E-state index in [2.05, 4.69) is 16.0 Å². The number of carbonyl (C=O) groups is 5. The van der Waals surface area contributed by atoms with Crippen LogP contribution in [0.1, 0.15) is 66.7 Å². The van der Waals surface area contributed by atoms with E-state index in [9.17, 15) is 24.0 Å². The maximum Gasteiger partial charge on any atom is 0.322 e. The van der Waals surface area contributed by atoms with Crippen molar-refractivity contribution in [3.63, 3.8) is 0 Å². The topological polar surface area (TPSA) is 157 Å². The average molecular weight is 556 g/mol. The van der Waals surface area contributed by atoms with Gasteiger partial charge in [0.25, 0.3) is 0 Å². The van der Waals surface area contributed by atoms with Gasteiger partial charge < -0.3 is 35.6 Å². The Morgan fingerprint density at radius 2 is 1.77 bits per heavy atom. The van der Waals surface area contributed by atoms with E-state index < -0.39 is 36.1 Å². The number of amides is 4. The largest absolute Gasteiger partial charge is 0.480 e. The first-order valence-electron chi connectivity index (χ1n) is 13.7. The Hall–Kier alpha value is -2.73. The van der Waals surface area contributed by atoms with Crippen LogP contribution in [0.5, 0.6) is 0 Å². The van der Waals surface area contributed by atoms with Crippen molar-refractivity contribution in [3.8, 4) is 0 Å². The van der Waals surface area contributed by atoms with Crippen molar-refractivity contribution in [2.45, 2.75) is 90.4 Å². The number of likely N-dealkylation sites (tertiary alicyclic amines) is 1. The highest BCUT2D eigenvalue weighted by Crippen LogP contribution is 2.27. The quantitative estimate of drug-likeness (QED) is 0.216. The van der Waals surface area contributed by atoms with Crippen LogP contribution in [0.2, 0.25) is 0 Å². The highest BCUT2D eigenvalue weighted by molar-refractivity contribution is 5.89. The van der Waals surface area contributed by atoms with E-state index in [1.165, 1.54) is 7.11 Å². The maximum atomic E-state index is 13.5. The summed E-state index contributed by atoms with van der Waals surface area (Å²) in [5.41, 5.74) is -0.822. The second-order valence-corrected chi connectivity index (χ2v) is 11.0. The molecule has 1 rings (SSSR count). The second kappa shape index (κ2) is 15.8. The molecule has 224 valence electrons. The summed E-state index contributed by atoms with van der Waals surface area (Å²) in [5, 5.41) is 16.8. The molecule has 12 heteroatoms. The van der Waals surface area contributed by atoms with Crippen molar-refractivity contribution in [1.29, 1.82) is 0 Å². The molecule has 1 saturated heterocycles. The number of nitrogens with zero attached hydrogens (tertiary/aromatic N) is 2. The zero-order valence-electron chi connectivity index (χ0n) is 24.8. The molecule has 0 aromatic heterocycles. The summed E-state index contributed by atoms with van der Waals surface area (Å²) >= 11 is 0. The van der Waals surface area contributed by atoms with Gasteiger partial charge in [-0.3, -0.25) is 24.0 Å². The zero-order chi connectivity index (χ0) is 29.9. The summed E-state index contributed by atoms with van der Waals surface area (Å²) in [5.74, 6) is -2.57. The van der Waals surface area contributed by atoms with Crippen LogP contribution < -0.4 is 16.0 Å². The number of methoxy groups -OCH3 is 1. The fraction of sp³-hybridized carbons (Fsp3) is 0.815. The molecule has 0 bridgehead atoms. The first-order valence-corrected chi connectivity index (χ1v) is 13.7. The lowest BCUT2D eigenvalue weighted by Crippen LogP contribution is -2.56. The molecule has 4 N–H and O–H groups in total. The van der Waals surface area contributed by atoms with E-state index in [1.54, 1.807) is 44.7 Å². The summed E-state index contributed by atoms with van der Waals surface area (Å²) < 4.78 is 5.78. The minimum atomic E-state index is -1.11. The van der Waals surface area contributed by atoms with Crippen LogP contribution in [0.25, 0.3) is 0 Å². The van der Waals surface area contributed by atoms with Gasteiger partial charge in [0, 0.05) is 32.7 Å². The molecule has 1 fully saturated rings. The summed E-state index contributed by atoms with van der Waals surface area (Å²) in [4.78, 5) is 65.3. The van der Waals surface area contributed by atoms with Crippen molar-refractivity contribution >= 4 is 29.6 Å². The number of rotatable bonds is 16. The minimum absolute atomic E-state index is 0.0217. The van der Waals surface area contributed by atoms with Crippen LogP contribution in [0, 0.1) is 11.8 Å². The third-order valence-electron chi connectivity index (χ3n) is 7.90. The first kappa shape index (κ1) is 34.3. The number of aliphatic carboxylic acids is 1. The predicted octanol–water partition coefficient (Wildman–Crippen LogP) is 0.597. The van der Waals surface area contributed by atoms with Crippen LogP contribution in [0.4, 0.5) is 0 Å². The van der Waals surface area contributed by atoms with Gasteiger partial charge in [-0.1, -0.05) is 27.2 Å². The Morgan fingerprint density at radius 1 is 1.13 bits per heavy atom. The Labute approximate surface area is 232 Å². The minimum Gasteiger partial charge on any atom is -0.480 e. The van der Waals surface area contributed by atoms with Gasteiger partial charge in [-0.15, -0.1) is 0 Å². The van der Waals surface area contributed by atoms with E-state index in [1.807, 2.05) is 13.8 Å². The van der Waals surface area contributed by atoms with Crippen LogP contribution >= 0.6 is 0 Å². The molecule has 0 radical (unpaired) electrons. The monoisotopic (exact) mass is 555 g/mol. The molecule has 4 amide bonds. The SMILES string of the molecule is CC[C@H](C)[C@@H]([C@@H](CC(=O)N1CCC[C@H]1C[C@@H](C)C(=O)NCC(=O)O)OC)N(C)C(=O)CNC(=O)C(C)(C)NC. The van der Waals surface area contributed by atoms with Crippen molar-refractivity contribution in [2.75, 3.05) is 40.8 Å². The summed E-state index contributed by atoms with van der Waals surface area (Å²) in [6, 6.07) is -0.528. The van der Waals surface area contributed by atoms with Crippen molar-refractivity contribution in [3.05, 3.63) is 0 Å². The van der Waals surface area contributed by atoms with E-state index in [0.717, 1.165) is 19.3 Å². The van der Waals surface area contributed by atoms with Crippen molar-refractivity contribution < 1.29 is 33.8 Å². The molecule has 0 unspecified atom stereocenters. The second-order valence-electron chi connectivity index (χ2n) is 11.0. The van der Waals surface area contributed by atoms with Gasteiger partial charge in [-0.25, -0.2) is 0 Å². The number of carboxylic acids is 1. The Morgan fingerprint density at radius 3 is 2.31 bits per heavy atom. The lowest BCUT2D eigenvalue weighted by atomic mass is 9.90. The first-order chi connectivity index (χ1) is 18.2. The summed E-state index contributed by atoms with van der Waals surface area (Å²) in [6.07, 6.45) is 2.26. The maximum absolute atomic E-state index is 13.5. The number of hydrogen-bond acceptors (Lipinski definition) is 7. The van der Waals surface area contributed by atoms with Gasteiger partial charge in [0.05, 0.1) is 30.7 Å². The van der Waals surface area contributed by atoms with Crippen LogP contribution in [-0.4, -0.2) is 109 Å². The molecule has 39 heavy (non-hydrogen) atoms. The number of nitrogens with one attached hydrogen (secondary N) is 3. The molecule has 12 nitrogen and oxygen atoms in total. The van der Waals surface area contributed by atoms with Crippen LogP contribution in [-0.2, 0) is 28.7 Å². The molecule has 0 aromatic carbocycles. The molecule has 5 atom stereocenters. The van der Waals surface area contributed by atoms with E-state index in [-0.39, 0.29) is 48.6 Å². The highest BCUT2D eigenvalue weighted by atomic mass is 16.5. The van der Waals surface area contributed by atoms with Crippen molar-refractivity contribution in [1.82, 2.24) is 25.8 Å². The number of likely N-dealkylation sites (N-methyl/N-ethyl adjacent to an activating group) is 2. The standard InChI is InChI=1S/C27H49N5O7/c1-9-17(2)24(31(7)22(34)15-30-26(38)27(4,5)28-6)20(39-8)14-21(33)32-12-10-11-19(32)13-18(3)25(37)29-16-23(35)36/h17-20,24,28H,9-16H2,1-8H3,(H,29,37)(H,30,38)(H,35,36)/t17-,18+,19-,20+,24-/m0/s1. The third kappa shape index (κ3) is 10.1. The zero-order valence-corrected chi connectivity index (χ0v) is 24.8. The molecule has 1 heterocycles.